The highest BCUT2D eigenvalue weighted by Gasteiger charge is 2.35. The van der Waals surface area contributed by atoms with Gasteiger partial charge in [0.1, 0.15) is 0 Å². The van der Waals surface area contributed by atoms with Crippen molar-refractivity contribution >= 4 is 11.6 Å². The monoisotopic (exact) mass is 336 g/mol. The lowest BCUT2D eigenvalue weighted by Crippen LogP contribution is -2.54. The minimum Gasteiger partial charge on any atom is -0.387 e. The van der Waals surface area contributed by atoms with Gasteiger partial charge in [-0.05, 0) is 13.0 Å². The Balaban J connectivity index is 1.90. The van der Waals surface area contributed by atoms with Gasteiger partial charge in [0.25, 0.3) is 0 Å². The fraction of sp³-hybridized carbons (Fsp3) is 0.600. The Kier molecular flexibility index (Phi) is 5.71. The van der Waals surface area contributed by atoms with Crippen LogP contribution in [0.15, 0.2) is 24.3 Å². The molecule has 1 saturated heterocycles. The molecule has 0 amide bonds. The summed E-state index contributed by atoms with van der Waals surface area (Å²) in [6, 6.07) is 6.86. The first kappa shape index (κ1) is 17.5. The van der Waals surface area contributed by atoms with Gasteiger partial charge in [0.05, 0.1) is 12.6 Å². The van der Waals surface area contributed by atoms with Gasteiger partial charge in [0.15, 0.2) is 0 Å². The number of β-amino-alcohol motifs (C(OH)–C–C–N with tert-alkyl or cyclic N) is 1. The second-order valence-electron chi connectivity index (χ2n) is 5.73. The van der Waals surface area contributed by atoms with Crippen LogP contribution in [0.2, 0.25) is 5.02 Å². The molecule has 2 rings (SSSR count). The van der Waals surface area contributed by atoms with Gasteiger partial charge in [-0.15, -0.1) is 0 Å². The zero-order chi connectivity index (χ0) is 16.3. The van der Waals surface area contributed by atoms with Gasteiger partial charge in [-0.1, -0.05) is 29.8 Å². The predicted molar refractivity (Wildman–Crippen MR) is 79.9 cm³/mol. The molecule has 1 aliphatic rings. The van der Waals surface area contributed by atoms with E-state index in [1.165, 1.54) is 4.90 Å². The summed E-state index contributed by atoms with van der Waals surface area (Å²) in [7, 11) is 0. The number of rotatable bonds is 4. The highest BCUT2D eigenvalue weighted by molar-refractivity contribution is 6.31. The fourth-order valence-corrected chi connectivity index (χ4v) is 3.05. The maximum absolute atomic E-state index is 12.5. The van der Waals surface area contributed by atoms with E-state index in [2.05, 4.69) is 0 Å². The Morgan fingerprint density at radius 3 is 2.59 bits per heavy atom. The van der Waals surface area contributed by atoms with Crippen LogP contribution in [0.5, 0.6) is 0 Å². The van der Waals surface area contributed by atoms with Gasteiger partial charge in [-0.25, -0.2) is 0 Å². The molecular weight excluding hydrogens is 317 g/mol. The van der Waals surface area contributed by atoms with E-state index >= 15 is 0 Å². The minimum atomic E-state index is -4.17. The van der Waals surface area contributed by atoms with Crippen molar-refractivity contribution < 1.29 is 18.3 Å². The normalized spacial score (nSPS) is 22.7. The lowest BCUT2D eigenvalue weighted by molar-refractivity contribution is -0.155. The van der Waals surface area contributed by atoms with E-state index in [0.717, 1.165) is 0 Å². The Labute approximate surface area is 133 Å². The van der Waals surface area contributed by atoms with Crippen LogP contribution < -0.4 is 0 Å². The number of alkyl halides is 3. The summed E-state index contributed by atoms with van der Waals surface area (Å²) < 4.78 is 37.4. The number of aliphatic hydroxyl groups excluding tert-OH is 1. The van der Waals surface area contributed by atoms with Crippen LogP contribution >= 0.6 is 11.6 Å². The second kappa shape index (κ2) is 7.17. The van der Waals surface area contributed by atoms with E-state index in [0.29, 0.717) is 36.8 Å². The van der Waals surface area contributed by atoms with E-state index in [9.17, 15) is 18.3 Å². The minimum absolute atomic E-state index is 0.200. The van der Waals surface area contributed by atoms with Crippen LogP contribution in [-0.4, -0.2) is 59.8 Å². The average Bonchev–Trinajstić information content (AvgIpc) is 2.41. The van der Waals surface area contributed by atoms with Gasteiger partial charge in [-0.3, -0.25) is 9.80 Å². The van der Waals surface area contributed by atoms with Gasteiger partial charge >= 0.3 is 6.18 Å². The fourth-order valence-electron chi connectivity index (χ4n) is 2.79. The lowest BCUT2D eigenvalue weighted by atomic mass is 10.1. The van der Waals surface area contributed by atoms with Gasteiger partial charge in [0, 0.05) is 42.8 Å². The van der Waals surface area contributed by atoms with Gasteiger partial charge in [-0.2, -0.15) is 13.2 Å². The van der Waals surface area contributed by atoms with Crippen molar-refractivity contribution in [1.29, 1.82) is 0 Å². The Hall–Kier alpha value is -0.820. The number of piperazine rings is 1. The van der Waals surface area contributed by atoms with Crippen molar-refractivity contribution in [2.45, 2.75) is 25.2 Å². The van der Waals surface area contributed by atoms with E-state index in [1.54, 1.807) is 31.2 Å². The van der Waals surface area contributed by atoms with Gasteiger partial charge < -0.3 is 5.11 Å². The molecule has 0 bridgehead atoms. The quantitative estimate of drug-likeness (QED) is 0.916. The van der Waals surface area contributed by atoms with Crippen LogP contribution in [0.3, 0.4) is 0 Å². The maximum Gasteiger partial charge on any atom is 0.401 e. The molecule has 1 N–H and O–H groups in total. The highest BCUT2D eigenvalue weighted by Crippen LogP contribution is 2.25. The van der Waals surface area contributed by atoms with Crippen molar-refractivity contribution in [2.75, 3.05) is 32.7 Å². The highest BCUT2D eigenvalue weighted by atomic mass is 35.5. The third-order valence-electron chi connectivity index (χ3n) is 3.93. The largest absolute Gasteiger partial charge is 0.401 e. The van der Waals surface area contributed by atoms with Crippen LogP contribution in [0, 0.1) is 0 Å². The molecule has 1 fully saturated rings. The van der Waals surface area contributed by atoms with E-state index in [-0.39, 0.29) is 6.04 Å². The second-order valence-corrected chi connectivity index (χ2v) is 6.14. The van der Waals surface area contributed by atoms with Crippen LogP contribution in [0.1, 0.15) is 18.6 Å². The van der Waals surface area contributed by atoms with Crippen molar-refractivity contribution in [3.8, 4) is 0 Å². The maximum atomic E-state index is 12.5. The van der Waals surface area contributed by atoms with Gasteiger partial charge in [0.2, 0.25) is 0 Å². The molecule has 2 unspecified atom stereocenters. The molecule has 124 valence electrons. The molecular formula is C15H20ClF3N2O. The molecule has 3 nitrogen and oxygen atoms in total. The SMILES string of the molecule is CC1CN(CC(O)c2ccccc2Cl)CCN1CC(F)(F)F. The predicted octanol–water partition coefficient (Wildman–Crippen LogP) is 2.94. The topological polar surface area (TPSA) is 26.7 Å². The molecule has 1 aromatic carbocycles. The number of nitrogens with zero attached hydrogens (tertiary/aromatic N) is 2. The van der Waals surface area contributed by atoms with Crippen molar-refractivity contribution in [1.82, 2.24) is 9.80 Å². The molecule has 0 radical (unpaired) electrons. The molecule has 0 saturated carbocycles. The Morgan fingerprint density at radius 2 is 2.00 bits per heavy atom. The Morgan fingerprint density at radius 1 is 1.32 bits per heavy atom. The van der Waals surface area contributed by atoms with E-state index in [4.69, 9.17) is 11.6 Å². The summed E-state index contributed by atoms with van der Waals surface area (Å²) in [6.45, 7) is 2.61. The van der Waals surface area contributed by atoms with E-state index < -0.39 is 18.8 Å². The van der Waals surface area contributed by atoms with Crippen molar-refractivity contribution in [3.63, 3.8) is 0 Å². The smallest absolute Gasteiger partial charge is 0.387 e. The summed E-state index contributed by atoms with van der Waals surface area (Å²) in [4.78, 5) is 3.41. The summed E-state index contributed by atoms with van der Waals surface area (Å²) in [5, 5.41) is 10.8. The summed E-state index contributed by atoms with van der Waals surface area (Å²) >= 11 is 6.05. The zero-order valence-corrected chi connectivity index (χ0v) is 13.1. The van der Waals surface area contributed by atoms with Crippen LogP contribution in [0.25, 0.3) is 0 Å². The molecule has 1 aromatic rings. The number of benzene rings is 1. The van der Waals surface area contributed by atoms with Crippen LogP contribution in [0.4, 0.5) is 13.2 Å². The number of halogens is 4. The molecule has 1 heterocycles. The molecule has 0 spiro atoms. The molecule has 22 heavy (non-hydrogen) atoms. The summed E-state index contributed by atoms with van der Waals surface area (Å²) in [5.74, 6) is 0. The first-order chi connectivity index (χ1) is 10.3. The number of aliphatic hydroxyl groups is 1. The zero-order valence-electron chi connectivity index (χ0n) is 12.4. The average molecular weight is 337 g/mol. The Bertz CT molecular complexity index is 498. The first-order valence-corrected chi connectivity index (χ1v) is 7.59. The molecule has 7 heteroatoms. The summed E-state index contributed by atoms with van der Waals surface area (Å²) in [6.07, 6.45) is -4.91. The molecule has 2 atom stereocenters. The molecule has 1 aliphatic heterocycles. The molecule has 0 aliphatic carbocycles. The third kappa shape index (κ3) is 4.84. The van der Waals surface area contributed by atoms with Crippen LogP contribution in [-0.2, 0) is 0 Å². The summed E-state index contributed by atoms with van der Waals surface area (Å²) in [5.41, 5.74) is 0.648. The lowest BCUT2D eigenvalue weighted by Gasteiger charge is -2.40. The van der Waals surface area contributed by atoms with E-state index in [1.807, 2.05) is 4.90 Å². The van der Waals surface area contributed by atoms with Crippen molar-refractivity contribution in [3.05, 3.63) is 34.9 Å². The number of hydrogen-bond acceptors (Lipinski definition) is 3. The third-order valence-corrected chi connectivity index (χ3v) is 4.27. The molecule has 0 aromatic heterocycles. The van der Waals surface area contributed by atoms with Crippen molar-refractivity contribution in [2.24, 2.45) is 0 Å². The first-order valence-electron chi connectivity index (χ1n) is 7.22. The standard InChI is InChI=1S/C15H20ClF3N2O/c1-11-8-20(6-7-21(11)10-15(17,18)19)9-14(22)12-4-2-3-5-13(12)16/h2-5,11,14,22H,6-10H2,1H3. The number of hydrogen-bond donors (Lipinski definition) is 1.